The van der Waals surface area contributed by atoms with Crippen molar-refractivity contribution < 1.29 is 4.79 Å². The van der Waals surface area contributed by atoms with Crippen LogP contribution in [0, 0.1) is 0 Å². The fraction of sp³-hybridized carbons (Fsp3) is 0.471. The summed E-state index contributed by atoms with van der Waals surface area (Å²) in [5.74, 6) is 0.0202. The molecule has 132 valence electrons. The molecule has 0 aliphatic carbocycles. The molecule has 1 aliphatic heterocycles. The number of piperazine rings is 1. The Morgan fingerprint density at radius 2 is 2.08 bits per heavy atom. The van der Waals surface area contributed by atoms with Crippen LogP contribution in [0.1, 0.15) is 21.8 Å². The second-order valence-corrected chi connectivity index (χ2v) is 6.83. The quantitative estimate of drug-likeness (QED) is 0.735. The second-order valence-electron chi connectivity index (χ2n) is 5.80. The molecule has 2 N–H and O–H groups in total. The lowest BCUT2D eigenvalue weighted by molar-refractivity contribution is 0.0942. The van der Waals surface area contributed by atoms with Gasteiger partial charge in [0, 0.05) is 43.8 Å². The molecule has 0 bridgehead atoms. The van der Waals surface area contributed by atoms with E-state index in [1.807, 2.05) is 29.0 Å². The average molecular weight is 369 g/mol. The van der Waals surface area contributed by atoms with Crippen LogP contribution in [0.3, 0.4) is 0 Å². The van der Waals surface area contributed by atoms with Gasteiger partial charge >= 0.3 is 0 Å². The minimum atomic E-state index is 0. The lowest BCUT2D eigenvalue weighted by atomic mass is 10.3. The molecule has 1 aliphatic rings. The Kier molecular flexibility index (Phi) is 7.78. The fourth-order valence-corrected chi connectivity index (χ4v) is 3.56. The number of carbonyl (C=O) groups is 1. The van der Waals surface area contributed by atoms with Gasteiger partial charge in [-0.3, -0.25) is 4.79 Å². The molecular formula is C17H25ClN4OS. The number of amides is 1. The summed E-state index contributed by atoms with van der Waals surface area (Å²) in [7, 11) is 0. The Balaban J connectivity index is 0.00000208. The van der Waals surface area contributed by atoms with E-state index < -0.39 is 0 Å². The van der Waals surface area contributed by atoms with Crippen LogP contribution in [0.5, 0.6) is 0 Å². The van der Waals surface area contributed by atoms with Gasteiger partial charge in [-0.15, -0.1) is 23.7 Å². The minimum absolute atomic E-state index is 0. The van der Waals surface area contributed by atoms with Gasteiger partial charge in [0.15, 0.2) is 0 Å². The molecule has 0 radical (unpaired) electrons. The predicted octanol–water partition coefficient (Wildman–Crippen LogP) is 2.04. The summed E-state index contributed by atoms with van der Waals surface area (Å²) in [5.41, 5.74) is 0.737. The van der Waals surface area contributed by atoms with Crippen molar-refractivity contribution in [1.29, 1.82) is 0 Å². The zero-order valence-corrected chi connectivity index (χ0v) is 15.4. The third kappa shape index (κ3) is 5.34. The Labute approximate surface area is 153 Å². The van der Waals surface area contributed by atoms with Gasteiger partial charge in [-0.1, -0.05) is 6.07 Å². The summed E-state index contributed by atoms with van der Waals surface area (Å²) < 4.78 is 2.01. The van der Waals surface area contributed by atoms with Crippen molar-refractivity contribution in [3.05, 3.63) is 46.4 Å². The maximum atomic E-state index is 12.4. The molecule has 3 rings (SSSR count). The molecule has 2 aromatic rings. The Hall–Kier alpha value is -1.34. The minimum Gasteiger partial charge on any atom is -0.351 e. The number of aromatic nitrogens is 1. The van der Waals surface area contributed by atoms with Crippen LogP contribution in [0.25, 0.3) is 0 Å². The maximum absolute atomic E-state index is 12.4. The van der Waals surface area contributed by atoms with Gasteiger partial charge in [-0.05, 0) is 36.5 Å². The highest BCUT2D eigenvalue weighted by Crippen LogP contribution is 2.13. The van der Waals surface area contributed by atoms with Gasteiger partial charge in [0.1, 0.15) is 5.69 Å². The largest absolute Gasteiger partial charge is 0.351 e. The highest BCUT2D eigenvalue weighted by atomic mass is 35.5. The summed E-state index contributed by atoms with van der Waals surface area (Å²) in [5, 5.41) is 8.46. The molecule has 0 atom stereocenters. The van der Waals surface area contributed by atoms with E-state index in [2.05, 4.69) is 27.0 Å². The molecule has 3 heterocycles. The Morgan fingerprint density at radius 1 is 1.25 bits per heavy atom. The van der Waals surface area contributed by atoms with Gasteiger partial charge in [-0.2, -0.15) is 0 Å². The molecule has 0 saturated carbocycles. The van der Waals surface area contributed by atoms with Gasteiger partial charge in [-0.25, -0.2) is 0 Å². The molecule has 1 saturated heterocycles. The van der Waals surface area contributed by atoms with Crippen molar-refractivity contribution >= 4 is 29.7 Å². The van der Waals surface area contributed by atoms with Gasteiger partial charge in [0.2, 0.25) is 0 Å². The molecule has 0 spiro atoms. The molecule has 7 heteroatoms. The van der Waals surface area contributed by atoms with Crippen molar-refractivity contribution in [1.82, 2.24) is 20.1 Å². The zero-order valence-electron chi connectivity index (χ0n) is 13.7. The summed E-state index contributed by atoms with van der Waals surface area (Å²) in [6.45, 7) is 6.90. The number of hydrogen-bond acceptors (Lipinski definition) is 4. The Morgan fingerprint density at radius 3 is 2.83 bits per heavy atom. The van der Waals surface area contributed by atoms with E-state index >= 15 is 0 Å². The Bertz CT molecular complexity index is 608. The van der Waals surface area contributed by atoms with Gasteiger partial charge < -0.3 is 20.1 Å². The van der Waals surface area contributed by atoms with Gasteiger partial charge in [0.25, 0.3) is 5.91 Å². The second kappa shape index (κ2) is 9.84. The number of carbonyl (C=O) groups excluding carboxylic acids is 1. The van der Waals surface area contributed by atoms with E-state index in [9.17, 15) is 4.79 Å². The normalized spacial score (nSPS) is 15.0. The lowest BCUT2D eigenvalue weighted by Gasteiger charge is -2.27. The van der Waals surface area contributed by atoms with E-state index in [4.69, 9.17) is 0 Å². The molecule has 24 heavy (non-hydrogen) atoms. The third-order valence-corrected chi connectivity index (χ3v) is 4.98. The SMILES string of the molecule is Cl.O=C(NCCCN1CCNCC1)c1cccn1Cc1cccs1. The maximum Gasteiger partial charge on any atom is 0.267 e. The number of halogens is 1. The van der Waals surface area contributed by atoms with E-state index in [0.29, 0.717) is 0 Å². The molecular weight excluding hydrogens is 344 g/mol. The van der Waals surface area contributed by atoms with Crippen LogP contribution >= 0.6 is 23.7 Å². The number of rotatable bonds is 7. The van der Waals surface area contributed by atoms with Crippen molar-refractivity contribution in [2.45, 2.75) is 13.0 Å². The van der Waals surface area contributed by atoms with Crippen LogP contribution in [-0.2, 0) is 6.54 Å². The summed E-state index contributed by atoms with van der Waals surface area (Å²) in [6.07, 6.45) is 2.97. The highest BCUT2D eigenvalue weighted by molar-refractivity contribution is 7.09. The summed E-state index contributed by atoms with van der Waals surface area (Å²) >= 11 is 1.72. The topological polar surface area (TPSA) is 49.3 Å². The molecule has 2 aromatic heterocycles. The zero-order chi connectivity index (χ0) is 15.9. The smallest absolute Gasteiger partial charge is 0.267 e. The van der Waals surface area contributed by atoms with Crippen LogP contribution in [0.2, 0.25) is 0 Å². The number of thiophene rings is 1. The summed E-state index contributed by atoms with van der Waals surface area (Å²) in [6, 6.07) is 7.96. The van der Waals surface area contributed by atoms with Crippen LogP contribution in [-0.4, -0.2) is 54.6 Å². The molecule has 1 amide bonds. The number of nitrogens with one attached hydrogen (secondary N) is 2. The highest BCUT2D eigenvalue weighted by Gasteiger charge is 2.12. The van der Waals surface area contributed by atoms with E-state index in [1.165, 1.54) is 4.88 Å². The first kappa shape index (κ1) is 19.0. The van der Waals surface area contributed by atoms with Crippen LogP contribution in [0.4, 0.5) is 0 Å². The van der Waals surface area contributed by atoms with Gasteiger partial charge in [0.05, 0.1) is 6.54 Å². The predicted molar refractivity (Wildman–Crippen MR) is 101 cm³/mol. The first-order valence-corrected chi connectivity index (χ1v) is 9.10. The van der Waals surface area contributed by atoms with Crippen molar-refractivity contribution in [2.24, 2.45) is 0 Å². The fourth-order valence-electron chi connectivity index (χ4n) is 2.86. The van der Waals surface area contributed by atoms with Crippen LogP contribution in [0.15, 0.2) is 35.8 Å². The molecule has 1 fully saturated rings. The molecule has 0 unspecified atom stereocenters. The monoisotopic (exact) mass is 368 g/mol. The standard InChI is InChI=1S/C17H24N4OS.ClH/c22-17(19-6-3-9-20-11-7-18-8-12-20)16-5-1-10-21(16)14-15-4-2-13-23-15;/h1-2,4-5,10,13,18H,3,6-9,11-12,14H2,(H,19,22);1H. The van der Waals surface area contributed by atoms with Crippen molar-refractivity contribution in [3.63, 3.8) is 0 Å². The van der Waals surface area contributed by atoms with Crippen molar-refractivity contribution in [2.75, 3.05) is 39.3 Å². The average Bonchev–Trinajstić information content (AvgIpc) is 3.25. The van der Waals surface area contributed by atoms with Crippen molar-refractivity contribution in [3.8, 4) is 0 Å². The van der Waals surface area contributed by atoms with E-state index in [1.54, 1.807) is 11.3 Å². The molecule has 0 aromatic carbocycles. The molecule has 5 nitrogen and oxygen atoms in total. The lowest BCUT2D eigenvalue weighted by Crippen LogP contribution is -2.44. The van der Waals surface area contributed by atoms with E-state index in [-0.39, 0.29) is 18.3 Å². The summed E-state index contributed by atoms with van der Waals surface area (Å²) in [4.78, 5) is 16.1. The van der Waals surface area contributed by atoms with Crippen LogP contribution < -0.4 is 10.6 Å². The first-order chi connectivity index (χ1) is 11.3. The first-order valence-electron chi connectivity index (χ1n) is 8.22. The third-order valence-electron chi connectivity index (χ3n) is 4.11. The number of nitrogens with zero attached hydrogens (tertiary/aromatic N) is 2. The van der Waals surface area contributed by atoms with E-state index in [0.717, 1.165) is 57.9 Å². The number of hydrogen-bond donors (Lipinski definition) is 2.